The first-order chi connectivity index (χ1) is 13.1. The van der Waals surface area contributed by atoms with Crippen molar-refractivity contribution in [2.75, 3.05) is 0 Å². The van der Waals surface area contributed by atoms with Crippen LogP contribution in [0, 0.1) is 22.5 Å². The Kier molecular flexibility index (Phi) is 5.28. The number of non-ortho nitro benzene ring substituents is 1. The number of nitrogens with zero attached hydrogens (tertiary/aromatic N) is 3. The third-order valence-electron chi connectivity index (χ3n) is 3.99. The van der Waals surface area contributed by atoms with E-state index in [-0.39, 0.29) is 18.0 Å². The molecule has 0 saturated carbocycles. The van der Waals surface area contributed by atoms with Gasteiger partial charge in [-0.05, 0) is 11.6 Å². The molecule has 1 heterocycles. The standard InChI is InChI=1S/C20H16N4O3/c1-2-11-23-14-16(18-5-3-4-6-19(18)23)13-21-22-20(25)12-15-7-9-17(10-8-15)24(26)27/h1,3-10,13-14H,11-12H2,(H,22,25)/b21-13-. The minimum Gasteiger partial charge on any atom is -0.335 e. The molecule has 0 saturated heterocycles. The number of nitrogens with one attached hydrogen (secondary N) is 1. The van der Waals surface area contributed by atoms with Gasteiger partial charge in [-0.1, -0.05) is 36.3 Å². The van der Waals surface area contributed by atoms with E-state index in [0.717, 1.165) is 16.5 Å². The van der Waals surface area contributed by atoms with Crippen LogP contribution in [0.1, 0.15) is 11.1 Å². The highest BCUT2D eigenvalue weighted by Crippen LogP contribution is 2.19. The predicted octanol–water partition coefficient (Wildman–Crippen LogP) is 2.88. The summed E-state index contributed by atoms with van der Waals surface area (Å²) in [5.74, 6) is 2.30. The number of rotatable bonds is 6. The third kappa shape index (κ3) is 4.19. The highest BCUT2D eigenvalue weighted by Gasteiger charge is 2.08. The maximum absolute atomic E-state index is 12.0. The van der Waals surface area contributed by atoms with E-state index in [9.17, 15) is 14.9 Å². The van der Waals surface area contributed by atoms with Gasteiger partial charge in [-0.15, -0.1) is 6.42 Å². The molecule has 0 unspecified atom stereocenters. The maximum Gasteiger partial charge on any atom is 0.269 e. The van der Waals surface area contributed by atoms with E-state index in [1.54, 1.807) is 18.3 Å². The zero-order valence-corrected chi connectivity index (χ0v) is 14.3. The van der Waals surface area contributed by atoms with Crippen molar-refractivity contribution in [1.82, 2.24) is 9.99 Å². The molecule has 7 heteroatoms. The first-order valence-electron chi connectivity index (χ1n) is 8.15. The van der Waals surface area contributed by atoms with Gasteiger partial charge < -0.3 is 4.57 Å². The number of para-hydroxylation sites is 1. The van der Waals surface area contributed by atoms with Crippen LogP contribution in [0.25, 0.3) is 10.9 Å². The average molecular weight is 360 g/mol. The van der Waals surface area contributed by atoms with Gasteiger partial charge in [-0.25, -0.2) is 5.43 Å². The quantitative estimate of drug-likeness (QED) is 0.317. The van der Waals surface area contributed by atoms with Gasteiger partial charge in [0.25, 0.3) is 5.69 Å². The van der Waals surface area contributed by atoms with Crippen molar-refractivity contribution in [3.63, 3.8) is 0 Å². The summed E-state index contributed by atoms with van der Waals surface area (Å²) < 4.78 is 1.94. The number of amides is 1. The lowest BCUT2D eigenvalue weighted by Gasteiger charge is -2.00. The van der Waals surface area contributed by atoms with Gasteiger partial charge in [0.05, 0.1) is 24.1 Å². The van der Waals surface area contributed by atoms with Crippen LogP contribution in [0.4, 0.5) is 5.69 Å². The Morgan fingerprint density at radius 2 is 2.00 bits per heavy atom. The first kappa shape index (κ1) is 17.9. The lowest BCUT2D eigenvalue weighted by Crippen LogP contribution is -2.19. The van der Waals surface area contributed by atoms with Crippen LogP contribution in [0.2, 0.25) is 0 Å². The number of fused-ring (bicyclic) bond motifs is 1. The minimum absolute atomic E-state index is 0.0134. The molecule has 0 aliphatic rings. The molecule has 0 atom stereocenters. The van der Waals surface area contributed by atoms with Crippen molar-refractivity contribution >= 4 is 28.7 Å². The summed E-state index contributed by atoms with van der Waals surface area (Å²) in [5.41, 5.74) is 4.96. The number of aromatic nitrogens is 1. The van der Waals surface area contributed by atoms with Crippen molar-refractivity contribution < 1.29 is 9.72 Å². The smallest absolute Gasteiger partial charge is 0.269 e. The molecule has 0 radical (unpaired) electrons. The average Bonchev–Trinajstić information content (AvgIpc) is 3.00. The van der Waals surface area contributed by atoms with Gasteiger partial charge in [0.15, 0.2) is 0 Å². The zero-order chi connectivity index (χ0) is 19.2. The SMILES string of the molecule is C#CCn1cc(/C=N\NC(=O)Cc2ccc([N+](=O)[O-])cc2)c2ccccc21. The number of hydrogen-bond donors (Lipinski definition) is 1. The van der Waals surface area contributed by atoms with Gasteiger partial charge in [0.1, 0.15) is 0 Å². The van der Waals surface area contributed by atoms with Crippen LogP contribution in [-0.2, 0) is 17.8 Å². The Labute approximate surface area is 155 Å². The van der Waals surface area contributed by atoms with Crippen molar-refractivity contribution in [2.24, 2.45) is 5.10 Å². The topological polar surface area (TPSA) is 89.5 Å². The molecule has 134 valence electrons. The fraction of sp³-hybridized carbons (Fsp3) is 0.100. The molecule has 0 bridgehead atoms. The summed E-state index contributed by atoms with van der Waals surface area (Å²) in [5, 5.41) is 15.6. The Balaban J connectivity index is 1.67. The lowest BCUT2D eigenvalue weighted by molar-refractivity contribution is -0.384. The predicted molar refractivity (Wildman–Crippen MR) is 103 cm³/mol. The first-order valence-corrected chi connectivity index (χ1v) is 8.15. The van der Waals surface area contributed by atoms with Crippen LogP contribution in [0.15, 0.2) is 59.8 Å². The van der Waals surface area contributed by atoms with Crippen LogP contribution >= 0.6 is 0 Å². The molecular weight excluding hydrogens is 344 g/mol. The molecule has 1 aromatic heterocycles. The normalized spacial score (nSPS) is 10.8. The Morgan fingerprint density at radius 3 is 2.70 bits per heavy atom. The molecule has 27 heavy (non-hydrogen) atoms. The second-order valence-electron chi connectivity index (χ2n) is 5.83. The summed E-state index contributed by atoms with van der Waals surface area (Å²) in [6, 6.07) is 13.6. The van der Waals surface area contributed by atoms with E-state index >= 15 is 0 Å². The fourth-order valence-corrected chi connectivity index (χ4v) is 2.74. The van der Waals surface area contributed by atoms with Gasteiger partial charge in [0.2, 0.25) is 5.91 Å². The van der Waals surface area contributed by atoms with Crippen molar-refractivity contribution in [3.8, 4) is 12.3 Å². The number of carbonyl (C=O) groups is 1. The zero-order valence-electron chi connectivity index (χ0n) is 14.3. The molecule has 0 aliphatic carbocycles. The largest absolute Gasteiger partial charge is 0.335 e. The fourth-order valence-electron chi connectivity index (χ4n) is 2.74. The molecule has 0 spiro atoms. The molecule has 7 nitrogen and oxygen atoms in total. The Morgan fingerprint density at radius 1 is 1.26 bits per heavy atom. The molecule has 1 N–H and O–H groups in total. The second kappa shape index (κ2) is 7.97. The number of terminal acetylenes is 1. The van der Waals surface area contributed by atoms with Gasteiger partial charge in [-0.3, -0.25) is 14.9 Å². The summed E-state index contributed by atoms with van der Waals surface area (Å²) >= 11 is 0. The lowest BCUT2D eigenvalue weighted by atomic mass is 10.1. The summed E-state index contributed by atoms with van der Waals surface area (Å²) in [6.07, 6.45) is 8.94. The third-order valence-corrected chi connectivity index (χ3v) is 3.99. The molecule has 0 aliphatic heterocycles. The van der Waals surface area contributed by atoms with E-state index in [1.807, 2.05) is 35.0 Å². The number of nitro benzene ring substituents is 1. The van der Waals surface area contributed by atoms with E-state index in [2.05, 4.69) is 16.4 Å². The molecule has 0 fully saturated rings. The molecule has 2 aromatic carbocycles. The van der Waals surface area contributed by atoms with Crippen molar-refractivity contribution in [3.05, 3.63) is 76.0 Å². The molecule has 3 rings (SSSR count). The van der Waals surface area contributed by atoms with E-state index in [1.165, 1.54) is 12.1 Å². The summed E-state index contributed by atoms with van der Waals surface area (Å²) in [6.45, 7) is 0.445. The van der Waals surface area contributed by atoms with E-state index < -0.39 is 4.92 Å². The van der Waals surface area contributed by atoms with Gasteiger partial charge in [0, 0.05) is 34.8 Å². The van der Waals surface area contributed by atoms with Crippen LogP contribution < -0.4 is 5.43 Å². The van der Waals surface area contributed by atoms with E-state index in [4.69, 9.17) is 6.42 Å². The highest BCUT2D eigenvalue weighted by atomic mass is 16.6. The van der Waals surface area contributed by atoms with Crippen molar-refractivity contribution in [2.45, 2.75) is 13.0 Å². The number of nitro groups is 1. The van der Waals surface area contributed by atoms with Crippen molar-refractivity contribution in [1.29, 1.82) is 0 Å². The van der Waals surface area contributed by atoms with E-state index in [0.29, 0.717) is 12.1 Å². The monoisotopic (exact) mass is 360 g/mol. The molecular formula is C20H16N4O3. The second-order valence-corrected chi connectivity index (χ2v) is 5.83. The summed E-state index contributed by atoms with van der Waals surface area (Å²) in [4.78, 5) is 22.2. The summed E-state index contributed by atoms with van der Waals surface area (Å²) in [7, 11) is 0. The number of hydrogen-bond acceptors (Lipinski definition) is 4. The number of carbonyl (C=O) groups excluding carboxylic acids is 1. The molecule has 1 amide bonds. The van der Waals surface area contributed by atoms with Gasteiger partial charge >= 0.3 is 0 Å². The highest BCUT2D eigenvalue weighted by molar-refractivity contribution is 5.99. The number of benzene rings is 2. The minimum atomic E-state index is -0.481. The Bertz CT molecular complexity index is 1060. The van der Waals surface area contributed by atoms with Gasteiger partial charge in [-0.2, -0.15) is 5.10 Å². The maximum atomic E-state index is 12.0. The Hall–Kier alpha value is -3.92. The van der Waals surface area contributed by atoms with Crippen LogP contribution in [0.5, 0.6) is 0 Å². The number of hydrazone groups is 1. The molecule has 3 aromatic rings. The van der Waals surface area contributed by atoms with Crippen LogP contribution in [0.3, 0.4) is 0 Å². The van der Waals surface area contributed by atoms with Crippen LogP contribution in [-0.4, -0.2) is 21.6 Å².